The van der Waals surface area contributed by atoms with Gasteiger partial charge in [0, 0.05) is 5.56 Å². The van der Waals surface area contributed by atoms with Gasteiger partial charge in [-0.25, -0.2) is 4.39 Å². The molecule has 1 aliphatic rings. The number of allylic oxidation sites excluding steroid dienone is 2. The van der Waals surface area contributed by atoms with Crippen LogP contribution in [-0.4, -0.2) is 37.0 Å². The van der Waals surface area contributed by atoms with E-state index in [4.69, 9.17) is 18.8 Å². The number of ether oxygens (including phenoxy) is 2. The number of rotatable bonds is 8. The van der Waals surface area contributed by atoms with Crippen LogP contribution >= 0.6 is 0 Å². The van der Waals surface area contributed by atoms with Gasteiger partial charge in [-0.1, -0.05) is 12.7 Å². The Balaban J connectivity index is 2.11. The molecule has 0 aromatic heterocycles. The Labute approximate surface area is 179 Å². The Kier molecular flexibility index (Phi) is 7.53. The first kappa shape index (κ1) is 24.2. The molecule has 1 aliphatic heterocycles. The lowest BCUT2D eigenvalue weighted by atomic mass is 9.78. The van der Waals surface area contributed by atoms with E-state index in [-0.39, 0.29) is 19.1 Å². The monoisotopic (exact) mass is 418 g/mol. The largest absolute Gasteiger partial charge is 0.494 e. The summed E-state index contributed by atoms with van der Waals surface area (Å²) in [5, 5.41) is 0. The number of carbonyl (C=O) groups is 1. The van der Waals surface area contributed by atoms with Gasteiger partial charge in [0.25, 0.3) is 0 Å². The van der Waals surface area contributed by atoms with Crippen LogP contribution < -0.4 is 4.74 Å². The van der Waals surface area contributed by atoms with E-state index in [0.29, 0.717) is 16.8 Å². The highest BCUT2D eigenvalue weighted by Gasteiger charge is 2.51. The molecule has 0 saturated carbocycles. The lowest BCUT2D eigenvalue weighted by molar-refractivity contribution is -0.142. The molecular formula is C23H32BFO5. The van der Waals surface area contributed by atoms with Crippen LogP contribution in [0.1, 0.15) is 54.0 Å². The van der Waals surface area contributed by atoms with E-state index in [1.807, 2.05) is 47.6 Å². The second kappa shape index (κ2) is 9.35. The predicted octanol–water partition coefficient (Wildman–Crippen LogP) is 4.83. The van der Waals surface area contributed by atoms with E-state index in [1.54, 1.807) is 6.92 Å². The van der Waals surface area contributed by atoms with Crippen LogP contribution in [0.2, 0.25) is 0 Å². The van der Waals surface area contributed by atoms with Crippen molar-refractivity contribution in [3.8, 4) is 5.75 Å². The molecule has 1 heterocycles. The molecule has 164 valence electrons. The molecule has 1 aromatic carbocycles. The molecule has 0 aliphatic carbocycles. The molecule has 1 atom stereocenters. The van der Waals surface area contributed by atoms with Crippen LogP contribution in [0.25, 0.3) is 0 Å². The summed E-state index contributed by atoms with van der Waals surface area (Å²) in [6.45, 7) is 17.8. The van der Waals surface area contributed by atoms with Crippen molar-refractivity contribution in [2.24, 2.45) is 0 Å². The third-order valence-electron chi connectivity index (χ3n) is 5.58. The normalized spacial score (nSPS) is 18.8. The molecule has 30 heavy (non-hydrogen) atoms. The molecule has 1 fully saturated rings. The van der Waals surface area contributed by atoms with Crippen molar-refractivity contribution in [3.63, 3.8) is 0 Å². The van der Waals surface area contributed by atoms with Gasteiger partial charge >= 0.3 is 13.1 Å². The third kappa shape index (κ3) is 5.73. The summed E-state index contributed by atoms with van der Waals surface area (Å²) < 4.78 is 36.7. The Morgan fingerprint density at radius 2 is 1.87 bits per heavy atom. The molecule has 0 radical (unpaired) electrons. The smallest absolute Gasteiger partial charge is 0.486 e. The molecule has 2 rings (SSSR count). The highest BCUT2D eigenvalue weighted by molar-refractivity contribution is 6.55. The van der Waals surface area contributed by atoms with E-state index in [9.17, 15) is 9.18 Å². The van der Waals surface area contributed by atoms with Gasteiger partial charge < -0.3 is 18.8 Å². The van der Waals surface area contributed by atoms with Crippen LogP contribution in [0, 0.1) is 5.82 Å². The van der Waals surface area contributed by atoms with Gasteiger partial charge in [-0.2, -0.15) is 0 Å². The Bertz CT molecular complexity index is 815. The zero-order chi connectivity index (χ0) is 22.7. The summed E-state index contributed by atoms with van der Waals surface area (Å²) in [5.41, 5.74) is 1.13. The van der Waals surface area contributed by atoms with Gasteiger partial charge in [0.05, 0.1) is 24.2 Å². The summed E-state index contributed by atoms with van der Waals surface area (Å²) >= 11 is 0. The van der Waals surface area contributed by atoms with Crippen LogP contribution in [0.4, 0.5) is 4.39 Å². The fourth-order valence-electron chi connectivity index (χ4n) is 2.92. The number of esters is 1. The molecule has 0 spiro atoms. The molecular weight excluding hydrogens is 386 g/mol. The second-order valence-electron chi connectivity index (χ2n) is 8.55. The first-order valence-electron chi connectivity index (χ1n) is 10.2. The van der Waals surface area contributed by atoms with Crippen molar-refractivity contribution in [2.45, 2.75) is 72.2 Å². The molecule has 7 heteroatoms. The minimum Gasteiger partial charge on any atom is -0.486 e. The van der Waals surface area contributed by atoms with Crippen molar-refractivity contribution in [1.29, 1.82) is 0 Å². The Hall–Kier alpha value is -2.12. The number of halogens is 1. The molecule has 0 amide bonds. The summed E-state index contributed by atoms with van der Waals surface area (Å²) in [6, 6.07) is 4.12. The third-order valence-corrected chi connectivity index (χ3v) is 5.58. The lowest BCUT2D eigenvalue weighted by Crippen LogP contribution is -2.41. The van der Waals surface area contributed by atoms with Gasteiger partial charge in [0.2, 0.25) is 0 Å². The zero-order valence-electron chi connectivity index (χ0n) is 19.0. The molecule has 0 bridgehead atoms. The van der Waals surface area contributed by atoms with Crippen LogP contribution in [-0.2, 0) is 25.3 Å². The summed E-state index contributed by atoms with van der Waals surface area (Å²) in [7, 11) is -0.539. The summed E-state index contributed by atoms with van der Waals surface area (Å²) in [5.74, 6) is -0.427. The first-order valence-corrected chi connectivity index (χ1v) is 10.2. The van der Waals surface area contributed by atoms with Crippen LogP contribution in [0.15, 0.2) is 41.9 Å². The van der Waals surface area contributed by atoms with Gasteiger partial charge in [-0.3, -0.25) is 4.79 Å². The fraction of sp³-hybridized carbons (Fsp3) is 0.522. The van der Waals surface area contributed by atoms with E-state index < -0.39 is 30.1 Å². The highest BCUT2D eigenvalue weighted by Crippen LogP contribution is 2.38. The maximum atomic E-state index is 13.7. The zero-order valence-corrected chi connectivity index (χ0v) is 19.0. The van der Waals surface area contributed by atoms with E-state index in [2.05, 4.69) is 6.58 Å². The van der Waals surface area contributed by atoms with Crippen molar-refractivity contribution in [2.75, 3.05) is 6.61 Å². The van der Waals surface area contributed by atoms with Crippen molar-refractivity contribution in [1.82, 2.24) is 0 Å². The maximum absolute atomic E-state index is 13.7. The molecule has 5 nitrogen and oxygen atoms in total. The van der Waals surface area contributed by atoms with Crippen molar-refractivity contribution in [3.05, 3.63) is 53.3 Å². The summed E-state index contributed by atoms with van der Waals surface area (Å²) in [6.07, 6.45) is 1.48. The van der Waals surface area contributed by atoms with E-state index in [0.717, 1.165) is 5.57 Å². The second-order valence-corrected chi connectivity index (χ2v) is 8.55. The molecule has 1 saturated heterocycles. The first-order chi connectivity index (χ1) is 13.9. The lowest BCUT2D eigenvalue weighted by Gasteiger charge is -2.32. The average molecular weight is 418 g/mol. The number of hydrogen-bond acceptors (Lipinski definition) is 5. The average Bonchev–Trinajstić information content (AvgIpc) is 2.85. The van der Waals surface area contributed by atoms with Gasteiger partial charge in [0.15, 0.2) is 0 Å². The Morgan fingerprint density at radius 3 is 2.43 bits per heavy atom. The van der Waals surface area contributed by atoms with Crippen LogP contribution in [0.5, 0.6) is 5.75 Å². The van der Waals surface area contributed by atoms with E-state index >= 15 is 0 Å². The Morgan fingerprint density at radius 1 is 1.27 bits per heavy atom. The number of benzene rings is 1. The van der Waals surface area contributed by atoms with Crippen molar-refractivity contribution >= 4 is 13.1 Å². The molecule has 0 N–H and O–H groups in total. The van der Waals surface area contributed by atoms with Crippen molar-refractivity contribution < 1.29 is 28.0 Å². The minimum atomic E-state index is -0.539. The summed E-state index contributed by atoms with van der Waals surface area (Å²) in [4.78, 5) is 11.8. The van der Waals surface area contributed by atoms with Crippen LogP contribution in [0.3, 0.4) is 0 Å². The topological polar surface area (TPSA) is 54.0 Å². The number of carbonyl (C=O) groups excluding carboxylic acids is 1. The molecule has 1 aromatic rings. The van der Waals surface area contributed by atoms with Gasteiger partial charge in [0.1, 0.15) is 17.7 Å². The molecule has 1 unspecified atom stereocenters. The fourth-order valence-corrected chi connectivity index (χ4v) is 2.92. The maximum Gasteiger partial charge on any atom is 0.494 e. The predicted molar refractivity (Wildman–Crippen MR) is 116 cm³/mol. The van der Waals surface area contributed by atoms with E-state index in [1.165, 1.54) is 18.2 Å². The highest BCUT2D eigenvalue weighted by atomic mass is 19.1. The van der Waals surface area contributed by atoms with Gasteiger partial charge in [-0.15, -0.1) is 0 Å². The minimum absolute atomic E-state index is 0.0585. The quantitative estimate of drug-likeness (QED) is 0.344. The standard InChI is InChI=1S/C23H32BFO5/c1-9-27-21(26)14-18-13-19(25)10-11-20(18)28-17(4)15(2)12-16(3)24-29-22(5,6)23(7,8)30-24/h10-13,17H,3,9,14H2,1-2,4-8H3/b15-12+. The number of hydrogen-bond donors (Lipinski definition) is 0. The SMILES string of the molecule is C=C(/C=C(\C)C(C)Oc1ccc(F)cc1CC(=O)OCC)B1OC(C)(C)C(C)(C)O1. The van der Waals surface area contributed by atoms with Gasteiger partial charge in [-0.05, 0) is 77.7 Å².